The van der Waals surface area contributed by atoms with E-state index in [2.05, 4.69) is 96.1 Å². The number of benzene rings is 2. The van der Waals surface area contributed by atoms with Crippen LogP contribution < -0.4 is 4.90 Å². The van der Waals surface area contributed by atoms with Gasteiger partial charge in [0.05, 0.1) is 11.4 Å². The molecule has 2 heteroatoms. The Balaban J connectivity index is 1.87. The Kier molecular flexibility index (Phi) is 5.20. The second-order valence-corrected chi connectivity index (χ2v) is 6.94. The average molecular weight is 364 g/mol. The second kappa shape index (κ2) is 8.10. The summed E-state index contributed by atoms with van der Waals surface area (Å²) in [5.74, 6) is 0. The van der Waals surface area contributed by atoms with Crippen LogP contribution in [0.5, 0.6) is 0 Å². The lowest BCUT2D eigenvalue weighted by Gasteiger charge is -2.29. The number of para-hydroxylation sites is 2. The Morgan fingerprint density at radius 2 is 1.68 bits per heavy atom. The minimum atomic E-state index is -0.0857. The second-order valence-electron chi connectivity index (χ2n) is 6.94. The summed E-state index contributed by atoms with van der Waals surface area (Å²) in [6.45, 7) is 8.14. The molecule has 138 valence electrons. The summed E-state index contributed by atoms with van der Waals surface area (Å²) in [4.78, 5) is 6.73. The van der Waals surface area contributed by atoms with Crippen LogP contribution in [0.2, 0.25) is 0 Å². The fraction of sp³-hybridized carbons (Fsp3) is 0.115. The van der Waals surface area contributed by atoms with E-state index in [1.807, 2.05) is 18.2 Å². The van der Waals surface area contributed by atoms with Gasteiger partial charge >= 0.3 is 0 Å². The minimum Gasteiger partial charge on any atom is -0.316 e. The molecule has 0 spiro atoms. The lowest BCUT2D eigenvalue weighted by atomic mass is 9.92. The highest BCUT2D eigenvalue weighted by Gasteiger charge is 2.22. The molecule has 2 aromatic rings. The molecular formula is C26H24N2. The van der Waals surface area contributed by atoms with Gasteiger partial charge in [-0.3, -0.25) is 4.99 Å². The van der Waals surface area contributed by atoms with Crippen LogP contribution in [0.1, 0.15) is 30.0 Å². The molecule has 2 aliphatic rings. The Labute approximate surface area is 167 Å². The largest absolute Gasteiger partial charge is 0.316 e. The molecule has 4 rings (SSSR count). The summed E-state index contributed by atoms with van der Waals surface area (Å²) >= 11 is 0. The maximum atomic E-state index is 4.50. The summed E-state index contributed by atoms with van der Waals surface area (Å²) in [7, 11) is 0. The maximum Gasteiger partial charge on any atom is 0.101 e. The van der Waals surface area contributed by atoms with Gasteiger partial charge < -0.3 is 4.90 Å². The number of aliphatic imine (C=N–C) groups is 1. The van der Waals surface area contributed by atoms with Crippen molar-refractivity contribution in [3.8, 4) is 0 Å². The van der Waals surface area contributed by atoms with Gasteiger partial charge in [-0.2, -0.15) is 0 Å². The van der Waals surface area contributed by atoms with Gasteiger partial charge in [-0.05, 0) is 48.9 Å². The summed E-state index contributed by atoms with van der Waals surface area (Å²) in [6.07, 6.45) is 17.0. The van der Waals surface area contributed by atoms with Crippen LogP contribution in [0.25, 0.3) is 5.57 Å². The lowest BCUT2D eigenvalue weighted by molar-refractivity contribution is 0.850. The third-order valence-electron chi connectivity index (χ3n) is 5.17. The van der Waals surface area contributed by atoms with Gasteiger partial charge in [-0.15, -0.1) is 0 Å². The zero-order chi connectivity index (χ0) is 19.3. The molecule has 0 N–H and O–H groups in total. The van der Waals surface area contributed by atoms with E-state index in [4.69, 9.17) is 0 Å². The van der Waals surface area contributed by atoms with Crippen molar-refractivity contribution in [1.29, 1.82) is 0 Å². The zero-order valence-electron chi connectivity index (χ0n) is 16.0. The van der Waals surface area contributed by atoms with Gasteiger partial charge in [0.15, 0.2) is 0 Å². The van der Waals surface area contributed by atoms with E-state index < -0.39 is 0 Å². The topological polar surface area (TPSA) is 15.6 Å². The predicted octanol–water partition coefficient (Wildman–Crippen LogP) is 6.94. The van der Waals surface area contributed by atoms with Crippen LogP contribution in [0.3, 0.4) is 0 Å². The van der Waals surface area contributed by atoms with Crippen molar-refractivity contribution >= 4 is 23.7 Å². The first kappa shape index (κ1) is 18.0. The fourth-order valence-corrected chi connectivity index (χ4v) is 3.80. The number of hydrogen-bond donors (Lipinski definition) is 0. The highest BCUT2D eigenvalue weighted by atomic mass is 15.1. The molecule has 1 aliphatic carbocycles. The molecule has 0 radical (unpaired) electrons. The fourth-order valence-electron chi connectivity index (χ4n) is 3.80. The first-order chi connectivity index (χ1) is 13.8. The van der Waals surface area contributed by atoms with Crippen LogP contribution in [0.4, 0.5) is 11.4 Å². The Hall–Kier alpha value is -3.39. The molecule has 0 fully saturated rings. The van der Waals surface area contributed by atoms with E-state index in [0.717, 1.165) is 40.9 Å². The quantitative estimate of drug-likeness (QED) is 0.537. The monoisotopic (exact) mass is 364 g/mol. The third kappa shape index (κ3) is 3.41. The van der Waals surface area contributed by atoms with Gasteiger partial charge in [0.25, 0.3) is 0 Å². The summed E-state index contributed by atoms with van der Waals surface area (Å²) in [6, 6.07) is 16.7. The van der Waals surface area contributed by atoms with Gasteiger partial charge in [-0.1, -0.05) is 73.4 Å². The molecule has 28 heavy (non-hydrogen) atoms. The molecule has 0 amide bonds. The minimum absolute atomic E-state index is 0.0857. The number of rotatable bonds is 4. The van der Waals surface area contributed by atoms with Gasteiger partial charge in [0.2, 0.25) is 0 Å². The van der Waals surface area contributed by atoms with Crippen molar-refractivity contribution in [2.24, 2.45) is 4.99 Å². The first-order valence-electron chi connectivity index (χ1n) is 9.63. The molecule has 0 saturated heterocycles. The van der Waals surface area contributed by atoms with Crippen molar-refractivity contribution in [3.05, 3.63) is 114 Å². The molecule has 1 atom stereocenters. The van der Waals surface area contributed by atoms with E-state index in [1.54, 1.807) is 0 Å². The highest BCUT2D eigenvalue weighted by Crippen LogP contribution is 2.40. The molecular weight excluding hydrogens is 340 g/mol. The molecule has 2 nitrogen and oxygen atoms in total. The molecule has 0 saturated carbocycles. The van der Waals surface area contributed by atoms with Crippen LogP contribution in [0, 0.1) is 0 Å². The van der Waals surface area contributed by atoms with Crippen LogP contribution in [-0.4, -0.2) is 6.72 Å². The van der Waals surface area contributed by atoms with E-state index >= 15 is 0 Å². The summed E-state index contributed by atoms with van der Waals surface area (Å²) < 4.78 is 0. The average Bonchev–Trinajstić information content (AvgIpc) is 2.74. The Morgan fingerprint density at radius 3 is 2.46 bits per heavy atom. The van der Waals surface area contributed by atoms with Gasteiger partial charge in [-0.25, -0.2) is 0 Å². The van der Waals surface area contributed by atoms with E-state index in [9.17, 15) is 0 Å². The maximum absolute atomic E-state index is 4.50. The third-order valence-corrected chi connectivity index (χ3v) is 5.17. The van der Waals surface area contributed by atoms with Crippen LogP contribution in [-0.2, 0) is 0 Å². The van der Waals surface area contributed by atoms with Gasteiger partial charge in [0, 0.05) is 17.3 Å². The van der Waals surface area contributed by atoms with Crippen molar-refractivity contribution in [2.75, 3.05) is 4.90 Å². The van der Waals surface area contributed by atoms with E-state index in [0.29, 0.717) is 0 Å². The van der Waals surface area contributed by atoms with Crippen molar-refractivity contribution in [2.45, 2.75) is 18.9 Å². The Morgan fingerprint density at radius 1 is 0.893 bits per heavy atom. The van der Waals surface area contributed by atoms with Crippen LogP contribution in [0.15, 0.2) is 108 Å². The van der Waals surface area contributed by atoms with E-state index in [1.165, 1.54) is 5.57 Å². The predicted molar refractivity (Wildman–Crippen MR) is 121 cm³/mol. The molecule has 0 aromatic heterocycles. The highest BCUT2D eigenvalue weighted by molar-refractivity contribution is 5.86. The first-order valence-corrected chi connectivity index (χ1v) is 9.63. The standard InChI is InChI=1S/C26H24N2/c1-20-12-10-11-19-28(24-17-8-6-15-22(20)24)25-18-9-7-16-23(25)26(27-2)21-13-4-3-5-14-21/h4,6-19,26H,1-3,5H2/b12-10-,19-11-. The summed E-state index contributed by atoms with van der Waals surface area (Å²) in [5, 5.41) is 0. The van der Waals surface area contributed by atoms with Crippen molar-refractivity contribution in [3.63, 3.8) is 0 Å². The SMILES string of the molecule is C=NC(C1=CCCC=C1)c1ccccc1N1/C=C\C=C/C(=C)c2ccccc21. The number of hydrogen-bond acceptors (Lipinski definition) is 2. The number of anilines is 2. The number of nitrogens with zero attached hydrogens (tertiary/aromatic N) is 2. The summed E-state index contributed by atoms with van der Waals surface area (Å²) in [5.41, 5.74) is 6.69. The normalized spacial score (nSPS) is 19.1. The molecule has 1 heterocycles. The van der Waals surface area contributed by atoms with E-state index in [-0.39, 0.29) is 6.04 Å². The molecule has 1 unspecified atom stereocenters. The Bertz CT molecular complexity index is 1020. The molecule has 2 aromatic carbocycles. The lowest BCUT2D eigenvalue weighted by Crippen LogP contribution is -2.15. The van der Waals surface area contributed by atoms with Crippen molar-refractivity contribution < 1.29 is 0 Å². The number of allylic oxidation sites excluding steroid dienone is 6. The molecule has 1 aliphatic heterocycles. The smallest absolute Gasteiger partial charge is 0.101 e. The van der Waals surface area contributed by atoms with Gasteiger partial charge in [0.1, 0.15) is 6.04 Å². The zero-order valence-corrected chi connectivity index (χ0v) is 16.0. The molecule has 0 bridgehead atoms. The number of fused-ring (bicyclic) bond motifs is 1. The van der Waals surface area contributed by atoms with Crippen molar-refractivity contribution in [1.82, 2.24) is 0 Å². The van der Waals surface area contributed by atoms with Crippen LogP contribution >= 0.6 is 0 Å².